The van der Waals surface area contributed by atoms with Crippen LogP contribution >= 0.6 is 0 Å². The van der Waals surface area contributed by atoms with Crippen LogP contribution in [0.25, 0.3) is 0 Å². The molecule has 0 spiro atoms. The Labute approximate surface area is 71.7 Å². The minimum Gasteiger partial charge on any atom is -0.0885 e. The van der Waals surface area contributed by atoms with Crippen LogP contribution in [0, 0.1) is 6.92 Å². The van der Waals surface area contributed by atoms with Gasteiger partial charge in [-0.25, -0.2) is 0 Å². The third-order valence-corrected chi connectivity index (χ3v) is 1.76. The molecule has 0 aliphatic carbocycles. The van der Waals surface area contributed by atoms with Crippen LogP contribution in [0.2, 0.25) is 0 Å². The van der Waals surface area contributed by atoms with Crippen molar-refractivity contribution >= 4 is 0 Å². The maximum atomic E-state index is 3.78. The van der Waals surface area contributed by atoms with Gasteiger partial charge in [0.15, 0.2) is 0 Å². The molecule has 0 saturated carbocycles. The monoisotopic (exact) mass is 153 g/mol. The Kier molecular flexibility index (Phi) is 9.51. The molecule has 0 aliphatic rings. The second-order valence-corrected chi connectivity index (χ2v) is 2.96. The minimum absolute atomic E-state index is 1.03. The van der Waals surface area contributed by atoms with E-state index in [1.54, 1.807) is 0 Å². The Hall–Kier alpha value is -0.260. The summed E-state index contributed by atoms with van der Waals surface area (Å²) < 4.78 is 0. The van der Waals surface area contributed by atoms with E-state index in [0.717, 1.165) is 12.8 Å². The molecule has 11 heavy (non-hydrogen) atoms. The van der Waals surface area contributed by atoms with Crippen LogP contribution in [0.15, 0.2) is 12.2 Å². The van der Waals surface area contributed by atoms with Gasteiger partial charge < -0.3 is 0 Å². The zero-order chi connectivity index (χ0) is 8.36. The highest BCUT2D eigenvalue weighted by Gasteiger charge is 1.83. The molecule has 0 aromatic rings. The van der Waals surface area contributed by atoms with Gasteiger partial charge in [0.1, 0.15) is 0 Å². The molecule has 0 atom stereocenters. The quantitative estimate of drug-likeness (QED) is 0.381. The Morgan fingerprint density at radius 3 is 2.36 bits per heavy atom. The molecule has 0 N–H and O–H groups in total. The molecule has 0 nitrogen and oxygen atoms in total. The van der Waals surface area contributed by atoms with Crippen LogP contribution in [0.5, 0.6) is 0 Å². The SMILES string of the molecule is [CH2]CC/C=C\CCCCCC. The average molecular weight is 153 g/mol. The lowest BCUT2D eigenvalue weighted by Gasteiger charge is -1.93. The normalized spacial score (nSPS) is 11.1. The van der Waals surface area contributed by atoms with Gasteiger partial charge in [0.2, 0.25) is 0 Å². The van der Waals surface area contributed by atoms with Gasteiger partial charge in [-0.05, 0) is 25.7 Å². The first kappa shape index (κ1) is 10.7. The molecule has 0 aromatic heterocycles. The fourth-order valence-electron chi connectivity index (χ4n) is 1.04. The number of hydrogen-bond donors (Lipinski definition) is 0. The van der Waals surface area contributed by atoms with E-state index in [1.165, 1.54) is 32.1 Å². The van der Waals surface area contributed by atoms with E-state index in [1.807, 2.05) is 0 Å². The topological polar surface area (TPSA) is 0 Å². The van der Waals surface area contributed by atoms with E-state index in [-0.39, 0.29) is 0 Å². The summed E-state index contributed by atoms with van der Waals surface area (Å²) in [6, 6.07) is 0. The van der Waals surface area contributed by atoms with Crippen LogP contribution in [0.1, 0.15) is 51.9 Å². The summed E-state index contributed by atoms with van der Waals surface area (Å²) in [5.74, 6) is 0. The molecular weight excluding hydrogens is 132 g/mol. The first-order valence-electron chi connectivity index (χ1n) is 4.86. The second kappa shape index (κ2) is 9.74. The van der Waals surface area contributed by atoms with Gasteiger partial charge >= 0.3 is 0 Å². The van der Waals surface area contributed by atoms with E-state index in [2.05, 4.69) is 26.0 Å². The van der Waals surface area contributed by atoms with Crippen molar-refractivity contribution in [2.24, 2.45) is 0 Å². The number of hydrogen-bond acceptors (Lipinski definition) is 0. The molecule has 0 rings (SSSR count). The molecule has 0 aliphatic heterocycles. The molecule has 0 heterocycles. The summed E-state index contributed by atoms with van der Waals surface area (Å²) in [7, 11) is 0. The summed E-state index contributed by atoms with van der Waals surface area (Å²) in [6.07, 6.45) is 13.5. The van der Waals surface area contributed by atoms with Crippen molar-refractivity contribution in [3.8, 4) is 0 Å². The van der Waals surface area contributed by atoms with Gasteiger partial charge in [0.25, 0.3) is 0 Å². The average Bonchev–Trinajstić information content (AvgIpc) is 2.03. The summed E-state index contributed by atoms with van der Waals surface area (Å²) in [5, 5.41) is 0. The molecule has 0 unspecified atom stereocenters. The van der Waals surface area contributed by atoms with Crippen LogP contribution in [-0.4, -0.2) is 0 Å². The summed E-state index contributed by atoms with van der Waals surface area (Å²) in [5.41, 5.74) is 0. The third kappa shape index (κ3) is 9.74. The predicted octanol–water partition coefficient (Wildman–Crippen LogP) is 4.13. The fourth-order valence-corrected chi connectivity index (χ4v) is 1.04. The summed E-state index contributed by atoms with van der Waals surface area (Å²) >= 11 is 0. The number of allylic oxidation sites excluding steroid dienone is 2. The van der Waals surface area contributed by atoms with Crippen molar-refractivity contribution in [2.75, 3.05) is 0 Å². The second-order valence-electron chi connectivity index (χ2n) is 2.96. The van der Waals surface area contributed by atoms with Gasteiger partial charge in [-0.15, -0.1) is 0 Å². The fraction of sp³-hybridized carbons (Fsp3) is 0.727. The zero-order valence-electron chi connectivity index (χ0n) is 7.81. The Morgan fingerprint density at radius 1 is 1.00 bits per heavy atom. The lowest BCUT2D eigenvalue weighted by molar-refractivity contribution is 0.674. The molecule has 0 bridgehead atoms. The Morgan fingerprint density at radius 2 is 1.73 bits per heavy atom. The van der Waals surface area contributed by atoms with Crippen LogP contribution in [0.4, 0.5) is 0 Å². The van der Waals surface area contributed by atoms with E-state index < -0.39 is 0 Å². The van der Waals surface area contributed by atoms with E-state index in [0.29, 0.717) is 0 Å². The largest absolute Gasteiger partial charge is 0.0885 e. The van der Waals surface area contributed by atoms with Gasteiger partial charge in [0, 0.05) is 0 Å². The molecule has 0 amide bonds. The molecule has 65 valence electrons. The molecule has 0 aromatic carbocycles. The van der Waals surface area contributed by atoms with Crippen LogP contribution in [-0.2, 0) is 0 Å². The smallest absolute Gasteiger partial charge is 0.0351 e. The Balaban J connectivity index is 2.89. The highest BCUT2D eigenvalue weighted by Crippen LogP contribution is 2.03. The summed E-state index contributed by atoms with van der Waals surface area (Å²) in [4.78, 5) is 0. The van der Waals surface area contributed by atoms with Crippen molar-refractivity contribution < 1.29 is 0 Å². The zero-order valence-corrected chi connectivity index (χ0v) is 7.81. The van der Waals surface area contributed by atoms with E-state index >= 15 is 0 Å². The van der Waals surface area contributed by atoms with Gasteiger partial charge in [-0.1, -0.05) is 45.3 Å². The molecular formula is C11H21. The molecule has 0 fully saturated rings. The van der Waals surface area contributed by atoms with Crippen molar-refractivity contribution in [3.63, 3.8) is 0 Å². The molecule has 0 heteroatoms. The highest BCUT2D eigenvalue weighted by atomic mass is 13.9. The van der Waals surface area contributed by atoms with Crippen LogP contribution in [0.3, 0.4) is 0 Å². The van der Waals surface area contributed by atoms with E-state index in [9.17, 15) is 0 Å². The highest BCUT2D eigenvalue weighted by molar-refractivity contribution is 4.81. The van der Waals surface area contributed by atoms with Crippen LogP contribution < -0.4 is 0 Å². The first-order chi connectivity index (χ1) is 5.41. The third-order valence-electron chi connectivity index (χ3n) is 1.76. The predicted molar refractivity (Wildman–Crippen MR) is 52.5 cm³/mol. The lowest BCUT2D eigenvalue weighted by atomic mass is 10.1. The molecule has 1 radical (unpaired) electrons. The minimum atomic E-state index is 1.03. The van der Waals surface area contributed by atoms with Crippen molar-refractivity contribution in [3.05, 3.63) is 19.1 Å². The Bertz CT molecular complexity index is 82.0. The maximum absolute atomic E-state index is 3.78. The lowest BCUT2D eigenvalue weighted by Crippen LogP contribution is -1.73. The molecule has 0 saturated heterocycles. The van der Waals surface area contributed by atoms with Gasteiger partial charge in [-0.2, -0.15) is 0 Å². The maximum Gasteiger partial charge on any atom is -0.0351 e. The first-order valence-corrected chi connectivity index (χ1v) is 4.86. The van der Waals surface area contributed by atoms with Gasteiger partial charge in [-0.3, -0.25) is 0 Å². The van der Waals surface area contributed by atoms with Crippen molar-refractivity contribution in [2.45, 2.75) is 51.9 Å². The number of rotatable bonds is 7. The van der Waals surface area contributed by atoms with Crippen molar-refractivity contribution in [1.29, 1.82) is 0 Å². The van der Waals surface area contributed by atoms with Gasteiger partial charge in [0.05, 0.1) is 0 Å². The number of unbranched alkanes of at least 4 members (excludes halogenated alkanes) is 5. The summed E-state index contributed by atoms with van der Waals surface area (Å²) in [6.45, 7) is 6.03. The van der Waals surface area contributed by atoms with Crippen molar-refractivity contribution in [1.82, 2.24) is 0 Å². The standard InChI is InChI=1S/C11H21/c1-3-5-7-9-11-10-8-6-4-2/h7,9H,1,3-6,8,10-11H2,2H3/b9-7-. The van der Waals surface area contributed by atoms with E-state index in [4.69, 9.17) is 0 Å².